The summed E-state index contributed by atoms with van der Waals surface area (Å²) >= 11 is 0. The molecule has 6 heteroatoms. The van der Waals surface area contributed by atoms with Gasteiger partial charge in [-0.3, -0.25) is 4.79 Å². The second-order valence-corrected chi connectivity index (χ2v) is 5.42. The monoisotopic (exact) mass is 264 g/mol. The minimum Gasteiger partial charge on any atom is -0.333 e. The van der Waals surface area contributed by atoms with Gasteiger partial charge in [0.05, 0.1) is 0 Å². The van der Waals surface area contributed by atoms with E-state index in [0.717, 1.165) is 32.4 Å². The normalized spacial score (nSPS) is 27.7. The Bertz CT molecular complexity index is 501. The quantitative estimate of drug-likeness (QED) is 0.725. The molecule has 3 rings (SSSR count). The van der Waals surface area contributed by atoms with Gasteiger partial charge in [-0.15, -0.1) is 0 Å². The molecule has 2 aliphatic rings. The number of carbonyl (C=O) groups is 1. The Kier molecular flexibility index (Phi) is 3.42. The molecule has 2 fully saturated rings. The van der Waals surface area contributed by atoms with E-state index in [1.807, 2.05) is 4.90 Å². The molecule has 0 saturated carbocycles. The van der Waals surface area contributed by atoms with Crippen LogP contribution in [0.15, 0.2) is 11.0 Å². The molecule has 1 amide bonds. The largest absolute Gasteiger partial charge is 0.333 e. The number of hydrogen-bond donors (Lipinski definition) is 3. The highest BCUT2D eigenvalue weighted by molar-refractivity contribution is 5.92. The number of hydrogen-bond acceptors (Lipinski definition) is 3. The first-order valence-electron chi connectivity index (χ1n) is 7.08. The average molecular weight is 264 g/mol. The minimum absolute atomic E-state index is 0.0586. The Morgan fingerprint density at radius 3 is 2.84 bits per heavy atom. The van der Waals surface area contributed by atoms with Crippen LogP contribution >= 0.6 is 0 Å². The van der Waals surface area contributed by atoms with Crippen molar-refractivity contribution >= 4 is 5.91 Å². The Morgan fingerprint density at radius 2 is 2.16 bits per heavy atom. The van der Waals surface area contributed by atoms with Crippen molar-refractivity contribution in [3.63, 3.8) is 0 Å². The van der Waals surface area contributed by atoms with Crippen LogP contribution < -0.4 is 11.0 Å². The van der Waals surface area contributed by atoms with Crippen molar-refractivity contribution in [2.24, 2.45) is 0 Å². The van der Waals surface area contributed by atoms with Gasteiger partial charge in [-0.05, 0) is 38.6 Å². The standard InChI is InChI=1S/C13H20N4O2/c18-12(10-8-15-13(19)16-10)17-7-2-1-5-11(17)9-4-3-6-14-9/h8-9,11,14H,1-7H2,(H2,15,16,19). The molecule has 6 nitrogen and oxygen atoms in total. The molecule has 2 aliphatic heterocycles. The number of imidazole rings is 1. The summed E-state index contributed by atoms with van der Waals surface area (Å²) in [5.74, 6) is -0.0586. The van der Waals surface area contributed by atoms with Crippen LogP contribution in [0.4, 0.5) is 0 Å². The molecule has 1 aromatic rings. The third-order valence-electron chi connectivity index (χ3n) is 4.20. The Morgan fingerprint density at radius 1 is 1.26 bits per heavy atom. The molecule has 0 spiro atoms. The summed E-state index contributed by atoms with van der Waals surface area (Å²) in [4.78, 5) is 30.6. The van der Waals surface area contributed by atoms with Gasteiger partial charge in [-0.1, -0.05) is 0 Å². The predicted molar refractivity (Wildman–Crippen MR) is 71.1 cm³/mol. The third kappa shape index (κ3) is 2.45. The van der Waals surface area contributed by atoms with E-state index in [1.165, 1.54) is 19.0 Å². The van der Waals surface area contributed by atoms with Gasteiger partial charge < -0.3 is 20.2 Å². The molecular formula is C13H20N4O2. The summed E-state index contributed by atoms with van der Waals surface area (Å²) in [6.07, 6.45) is 7.07. The number of nitrogens with one attached hydrogen (secondary N) is 3. The zero-order valence-electron chi connectivity index (χ0n) is 10.9. The lowest BCUT2D eigenvalue weighted by molar-refractivity contribution is 0.0558. The van der Waals surface area contributed by atoms with Gasteiger partial charge in [-0.25, -0.2) is 4.79 Å². The van der Waals surface area contributed by atoms with Crippen molar-refractivity contribution in [2.45, 2.75) is 44.2 Å². The summed E-state index contributed by atoms with van der Waals surface area (Å²) < 4.78 is 0. The molecular weight excluding hydrogens is 244 g/mol. The summed E-state index contributed by atoms with van der Waals surface area (Å²) in [5.41, 5.74) is 0.0470. The van der Waals surface area contributed by atoms with Gasteiger partial charge in [-0.2, -0.15) is 0 Å². The van der Waals surface area contributed by atoms with Crippen molar-refractivity contribution in [1.82, 2.24) is 20.2 Å². The van der Waals surface area contributed by atoms with Gasteiger partial charge in [0.2, 0.25) is 0 Å². The predicted octanol–water partition coefficient (Wildman–Crippen LogP) is 0.450. The maximum atomic E-state index is 12.5. The molecule has 1 aromatic heterocycles. The summed E-state index contributed by atoms with van der Waals surface area (Å²) in [7, 11) is 0. The topological polar surface area (TPSA) is 81.0 Å². The number of rotatable bonds is 2. The summed E-state index contributed by atoms with van der Waals surface area (Å²) in [6.45, 7) is 1.83. The molecule has 2 saturated heterocycles. The number of nitrogens with zero attached hydrogens (tertiary/aromatic N) is 1. The lowest BCUT2D eigenvalue weighted by Crippen LogP contribution is -2.52. The van der Waals surface area contributed by atoms with Crippen molar-refractivity contribution in [2.75, 3.05) is 13.1 Å². The van der Waals surface area contributed by atoms with E-state index < -0.39 is 0 Å². The van der Waals surface area contributed by atoms with E-state index in [2.05, 4.69) is 15.3 Å². The van der Waals surface area contributed by atoms with Crippen LogP contribution in [-0.2, 0) is 0 Å². The van der Waals surface area contributed by atoms with Crippen LogP contribution in [-0.4, -0.2) is 45.9 Å². The van der Waals surface area contributed by atoms with Crippen LogP contribution in [0.2, 0.25) is 0 Å². The van der Waals surface area contributed by atoms with Crippen LogP contribution in [0.3, 0.4) is 0 Å². The molecule has 0 aromatic carbocycles. The van der Waals surface area contributed by atoms with Crippen molar-refractivity contribution in [1.29, 1.82) is 0 Å². The van der Waals surface area contributed by atoms with Gasteiger partial charge in [0, 0.05) is 24.8 Å². The van der Waals surface area contributed by atoms with Crippen LogP contribution in [0.25, 0.3) is 0 Å². The molecule has 3 N–H and O–H groups in total. The average Bonchev–Trinajstić information content (AvgIpc) is 3.09. The van der Waals surface area contributed by atoms with E-state index in [1.54, 1.807) is 0 Å². The van der Waals surface area contributed by atoms with Gasteiger partial charge in [0.25, 0.3) is 5.91 Å². The Hall–Kier alpha value is -1.56. The van der Waals surface area contributed by atoms with Crippen molar-refractivity contribution < 1.29 is 4.79 Å². The molecule has 3 heterocycles. The fourth-order valence-electron chi connectivity index (χ4n) is 3.27. The van der Waals surface area contributed by atoms with Gasteiger partial charge in [0.15, 0.2) is 0 Å². The third-order valence-corrected chi connectivity index (χ3v) is 4.20. The molecule has 2 unspecified atom stereocenters. The molecule has 19 heavy (non-hydrogen) atoms. The second-order valence-electron chi connectivity index (χ2n) is 5.42. The summed E-state index contributed by atoms with van der Waals surface area (Å²) in [6, 6.07) is 0.678. The molecule has 104 valence electrons. The van der Waals surface area contributed by atoms with E-state index in [4.69, 9.17) is 0 Å². The van der Waals surface area contributed by atoms with Crippen LogP contribution in [0.1, 0.15) is 42.6 Å². The van der Waals surface area contributed by atoms with E-state index in [-0.39, 0.29) is 17.6 Å². The lowest BCUT2D eigenvalue weighted by atomic mass is 9.94. The first kappa shape index (κ1) is 12.5. The van der Waals surface area contributed by atoms with Gasteiger partial charge in [0.1, 0.15) is 5.69 Å². The van der Waals surface area contributed by atoms with Crippen molar-refractivity contribution in [3.05, 3.63) is 22.4 Å². The van der Waals surface area contributed by atoms with Crippen LogP contribution in [0.5, 0.6) is 0 Å². The summed E-state index contributed by atoms with van der Waals surface area (Å²) in [5, 5.41) is 3.49. The zero-order chi connectivity index (χ0) is 13.2. The number of aromatic nitrogens is 2. The molecule has 2 atom stereocenters. The highest BCUT2D eigenvalue weighted by Gasteiger charge is 2.34. The number of carbonyl (C=O) groups excluding carboxylic acids is 1. The number of H-pyrrole nitrogens is 2. The fourth-order valence-corrected chi connectivity index (χ4v) is 3.27. The second kappa shape index (κ2) is 5.21. The number of piperidine rings is 1. The van der Waals surface area contributed by atoms with E-state index >= 15 is 0 Å². The number of likely N-dealkylation sites (tertiary alicyclic amines) is 1. The highest BCUT2D eigenvalue weighted by Crippen LogP contribution is 2.25. The lowest BCUT2D eigenvalue weighted by Gasteiger charge is -2.39. The van der Waals surface area contributed by atoms with Crippen molar-refractivity contribution in [3.8, 4) is 0 Å². The highest BCUT2D eigenvalue weighted by atomic mass is 16.2. The number of amides is 1. The zero-order valence-corrected chi connectivity index (χ0v) is 10.9. The van der Waals surface area contributed by atoms with Gasteiger partial charge >= 0.3 is 5.69 Å². The Balaban J connectivity index is 1.79. The van der Waals surface area contributed by atoms with E-state index in [9.17, 15) is 9.59 Å². The maximum absolute atomic E-state index is 12.5. The molecule has 0 aliphatic carbocycles. The molecule has 0 radical (unpaired) electrons. The number of aromatic amines is 2. The van der Waals surface area contributed by atoms with E-state index in [0.29, 0.717) is 11.7 Å². The maximum Gasteiger partial charge on any atom is 0.323 e. The van der Waals surface area contributed by atoms with Crippen LogP contribution in [0, 0.1) is 0 Å². The SMILES string of the molecule is O=C(c1c[nH]c(=O)[nH]1)N1CCCCC1C1CCCN1. The first-order chi connectivity index (χ1) is 9.25. The fraction of sp³-hybridized carbons (Fsp3) is 0.692. The Labute approximate surface area is 111 Å². The minimum atomic E-state index is -0.323. The molecule has 0 bridgehead atoms. The smallest absolute Gasteiger partial charge is 0.323 e. The first-order valence-corrected chi connectivity index (χ1v) is 7.08.